The minimum atomic E-state index is -1.03. The molecule has 0 aromatic rings. The molecule has 0 fully saturated rings. The summed E-state index contributed by atoms with van der Waals surface area (Å²) in [4.78, 5) is 22.8. The normalized spacial score (nSPS) is 13.2. The number of carbonyl (C=O) groups excluding carboxylic acids is 1. The topological polar surface area (TPSA) is 75.6 Å². The standard InChI is InChI=1S/C12H23NO4/c1-5-7-12(8-6-2,11(15)16)13-9(3)10(14)17-4/h9,13H,5-8H2,1-4H3,(H,15,16). The van der Waals surface area contributed by atoms with Crippen molar-refractivity contribution in [3.8, 4) is 0 Å². The lowest BCUT2D eigenvalue weighted by molar-refractivity contribution is -0.149. The van der Waals surface area contributed by atoms with Crippen LogP contribution >= 0.6 is 0 Å². The molecule has 1 atom stereocenters. The minimum absolute atomic E-state index is 0.442. The number of carbonyl (C=O) groups is 2. The molecule has 0 saturated carbocycles. The highest BCUT2D eigenvalue weighted by Gasteiger charge is 2.39. The predicted octanol–water partition coefficient (Wildman–Crippen LogP) is 1.56. The maximum absolute atomic E-state index is 11.4. The fraction of sp³-hybridized carbons (Fsp3) is 0.833. The molecule has 0 aliphatic heterocycles. The molecular weight excluding hydrogens is 222 g/mol. The largest absolute Gasteiger partial charge is 0.480 e. The molecule has 0 radical (unpaired) electrons. The molecule has 0 rings (SSSR count). The monoisotopic (exact) mass is 245 g/mol. The SMILES string of the molecule is CCCC(CCC)(NC(C)C(=O)OC)C(=O)O. The second-order valence-electron chi connectivity index (χ2n) is 4.28. The van der Waals surface area contributed by atoms with Gasteiger partial charge in [-0.25, -0.2) is 0 Å². The van der Waals surface area contributed by atoms with E-state index in [9.17, 15) is 14.7 Å². The molecule has 100 valence electrons. The zero-order valence-electron chi connectivity index (χ0n) is 11.1. The Bertz CT molecular complexity index is 259. The lowest BCUT2D eigenvalue weighted by Crippen LogP contribution is -2.57. The predicted molar refractivity (Wildman–Crippen MR) is 64.8 cm³/mol. The second-order valence-corrected chi connectivity index (χ2v) is 4.28. The average Bonchev–Trinajstić information content (AvgIpc) is 2.28. The van der Waals surface area contributed by atoms with Crippen LogP contribution < -0.4 is 5.32 Å². The molecule has 5 heteroatoms. The summed E-state index contributed by atoms with van der Waals surface area (Å²) in [7, 11) is 1.29. The van der Waals surface area contributed by atoms with E-state index in [0.717, 1.165) is 12.8 Å². The van der Waals surface area contributed by atoms with E-state index in [2.05, 4.69) is 10.1 Å². The fourth-order valence-corrected chi connectivity index (χ4v) is 2.05. The van der Waals surface area contributed by atoms with Crippen molar-refractivity contribution in [2.24, 2.45) is 0 Å². The summed E-state index contributed by atoms with van der Waals surface area (Å²) in [6.07, 6.45) is 2.48. The number of rotatable bonds is 8. The van der Waals surface area contributed by atoms with Crippen LogP contribution in [0.3, 0.4) is 0 Å². The van der Waals surface area contributed by atoms with Crippen LogP contribution in [-0.4, -0.2) is 35.7 Å². The molecule has 0 amide bonds. The summed E-state index contributed by atoms with van der Waals surface area (Å²) in [6.45, 7) is 5.48. The van der Waals surface area contributed by atoms with Gasteiger partial charge in [0.05, 0.1) is 7.11 Å². The van der Waals surface area contributed by atoms with E-state index in [1.165, 1.54) is 7.11 Å². The average molecular weight is 245 g/mol. The highest BCUT2D eigenvalue weighted by atomic mass is 16.5. The van der Waals surface area contributed by atoms with Crippen molar-refractivity contribution in [3.63, 3.8) is 0 Å². The molecule has 0 spiro atoms. The van der Waals surface area contributed by atoms with Crippen LogP contribution in [0.25, 0.3) is 0 Å². The van der Waals surface area contributed by atoms with E-state index >= 15 is 0 Å². The highest BCUT2D eigenvalue weighted by molar-refractivity contribution is 5.81. The van der Waals surface area contributed by atoms with Gasteiger partial charge < -0.3 is 9.84 Å². The Morgan fingerprint density at radius 2 is 1.76 bits per heavy atom. The Morgan fingerprint density at radius 1 is 1.29 bits per heavy atom. The van der Waals surface area contributed by atoms with Crippen LogP contribution in [0.5, 0.6) is 0 Å². The van der Waals surface area contributed by atoms with Gasteiger partial charge in [-0.2, -0.15) is 0 Å². The van der Waals surface area contributed by atoms with Gasteiger partial charge in [0, 0.05) is 0 Å². The van der Waals surface area contributed by atoms with E-state index in [-0.39, 0.29) is 0 Å². The molecule has 0 heterocycles. The Hall–Kier alpha value is -1.10. The number of aliphatic carboxylic acids is 1. The number of carboxylic acids is 1. The summed E-state index contributed by atoms with van der Waals surface area (Å²) >= 11 is 0. The van der Waals surface area contributed by atoms with E-state index < -0.39 is 23.5 Å². The lowest BCUT2D eigenvalue weighted by atomic mass is 9.88. The van der Waals surface area contributed by atoms with Crippen LogP contribution in [0.4, 0.5) is 0 Å². The summed E-state index contributed by atoms with van der Waals surface area (Å²) in [6, 6.07) is -0.616. The molecule has 0 aliphatic rings. The first-order valence-electron chi connectivity index (χ1n) is 6.02. The number of ether oxygens (including phenoxy) is 1. The highest BCUT2D eigenvalue weighted by Crippen LogP contribution is 2.21. The first-order chi connectivity index (χ1) is 7.93. The van der Waals surface area contributed by atoms with E-state index in [1.807, 2.05) is 13.8 Å². The number of hydrogen-bond acceptors (Lipinski definition) is 4. The van der Waals surface area contributed by atoms with Crippen molar-refractivity contribution in [2.45, 2.75) is 58.0 Å². The number of hydrogen-bond donors (Lipinski definition) is 2. The smallest absolute Gasteiger partial charge is 0.323 e. The molecule has 1 unspecified atom stereocenters. The first kappa shape index (κ1) is 15.9. The van der Waals surface area contributed by atoms with Crippen molar-refractivity contribution < 1.29 is 19.4 Å². The molecule has 0 aromatic carbocycles. The number of nitrogens with one attached hydrogen (secondary N) is 1. The summed E-state index contributed by atoms with van der Waals surface area (Å²) in [5, 5.41) is 12.3. The molecular formula is C12H23NO4. The number of esters is 1. The van der Waals surface area contributed by atoms with Gasteiger partial charge in [0.25, 0.3) is 0 Å². The molecule has 0 aliphatic carbocycles. The zero-order chi connectivity index (χ0) is 13.5. The Morgan fingerprint density at radius 3 is 2.06 bits per heavy atom. The third-order valence-electron chi connectivity index (χ3n) is 2.81. The summed E-state index contributed by atoms with van der Waals surface area (Å²) in [5.41, 5.74) is -1.03. The van der Waals surface area contributed by atoms with Gasteiger partial charge in [-0.3, -0.25) is 14.9 Å². The molecule has 5 nitrogen and oxygen atoms in total. The van der Waals surface area contributed by atoms with Crippen molar-refractivity contribution in [3.05, 3.63) is 0 Å². The van der Waals surface area contributed by atoms with Gasteiger partial charge in [-0.05, 0) is 19.8 Å². The van der Waals surface area contributed by atoms with Gasteiger partial charge >= 0.3 is 11.9 Å². The van der Waals surface area contributed by atoms with Crippen molar-refractivity contribution >= 4 is 11.9 Å². The second kappa shape index (κ2) is 7.27. The van der Waals surface area contributed by atoms with Gasteiger partial charge in [-0.1, -0.05) is 26.7 Å². The number of carboxylic acid groups (broad SMARTS) is 1. The quantitative estimate of drug-likeness (QED) is 0.635. The summed E-state index contributed by atoms with van der Waals surface area (Å²) in [5.74, 6) is -1.35. The van der Waals surface area contributed by atoms with Crippen molar-refractivity contribution in [1.82, 2.24) is 5.32 Å². The van der Waals surface area contributed by atoms with E-state index in [1.54, 1.807) is 6.92 Å². The molecule has 0 aromatic heterocycles. The van der Waals surface area contributed by atoms with Crippen LogP contribution in [0.2, 0.25) is 0 Å². The number of methoxy groups -OCH3 is 1. The first-order valence-corrected chi connectivity index (χ1v) is 6.02. The Kier molecular flexibility index (Phi) is 6.80. The third kappa shape index (κ3) is 4.34. The van der Waals surface area contributed by atoms with Gasteiger partial charge in [0.1, 0.15) is 11.6 Å². The van der Waals surface area contributed by atoms with Gasteiger partial charge in [0.2, 0.25) is 0 Å². The van der Waals surface area contributed by atoms with Crippen LogP contribution in [-0.2, 0) is 14.3 Å². The van der Waals surface area contributed by atoms with Crippen LogP contribution in [0.15, 0.2) is 0 Å². The molecule has 2 N–H and O–H groups in total. The Labute approximate surface area is 103 Å². The Balaban J connectivity index is 4.89. The van der Waals surface area contributed by atoms with E-state index in [0.29, 0.717) is 12.8 Å². The molecule has 0 saturated heterocycles. The van der Waals surface area contributed by atoms with Crippen molar-refractivity contribution in [1.29, 1.82) is 0 Å². The summed E-state index contributed by atoms with van der Waals surface area (Å²) < 4.78 is 4.60. The van der Waals surface area contributed by atoms with Gasteiger partial charge in [-0.15, -0.1) is 0 Å². The molecule has 17 heavy (non-hydrogen) atoms. The maximum Gasteiger partial charge on any atom is 0.323 e. The maximum atomic E-state index is 11.4. The lowest BCUT2D eigenvalue weighted by Gasteiger charge is -2.32. The van der Waals surface area contributed by atoms with Crippen molar-refractivity contribution in [2.75, 3.05) is 7.11 Å². The minimum Gasteiger partial charge on any atom is -0.480 e. The van der Waals surface area contributed by atoms with Gasteiger partial charge in [0.15, 0.2) is 0 Å². The third-order valence-corrected chi connectivity index (χ3v) is 2.81. The molecule has 0 bridgehead atoms. The van der Waals surface area contributed by atoms with Crippen LogP contribution in [0.1, 0.15) is 46.5 Å². The van der Waals surface area contributed by atoms with Crippen LogP contribution in [0, 0.1) is 0 Å². The van der Waals surface area contributed by atoms with E-state index in [4.69, 9.17) is 0 Å². The fourth-order valence-electron chi connectivity index (χ4n) is 2.05. The zero-order valence-corrected chi connectivity index (χ0v) is 11.1.